The first-order valence-electron chi connectivity index (χ1n) is 8.37. The normalized spacial score (nSPS) is 18.7. The maximum atomic E-state index is 12.4. The molecule has 0 aliphatic carbocycles. The first-order chi connectivity index (χ1) is 12.0. The van der Waals surface area contributed by atoms with Gasteiger partial charge < -0.3 is 4.90 Å². The average Bonchev–Trinajstić information content (AvgIpc) is 3.09. The molecule has 1 aromatic carbocycles. The summed E-state index contributed by atoms with van der Waals surface area (Å²) in [6.45, 7) is 5.69. The van der Waals surface area contributed by atoms with Crippen LogP contribution in [0.5, 0.6) is 0 Å². The van der Waals surface area contributed by atoms with Gasteiger partial charge in [0.05, 0.1) is 10.6 Å². The molecule has 5 nitrogen and oxygen atoms in total. The minimum Gasteiger partial charge on any atom is -0.346 e. The molecule has 0 fully saturated rings. The average molecular weight is 352 g/mol. The quantitative estimate of drug-likeness (QED) is 0.740. The summed E-state index contributed by atoms with van der Waals surface area (Å²) in [5.41, 5.74) is 5.71. The highest BCUT2D eigenvalue weighted by Crippen LogP contribution is 2.33. The Morgan fingerprint density at radius 3 is 2.68 bits per heavy atom. The van der Waals surface area contributed by atoms with Gasteiger partial charge in [0.15, 0.2) is 5.17 Å². The molecule has 0 spiro atoms. The molecule has 2 aliphatic rings. The summed E-state index contributed by atoms with van der Waals surface area (Å²) in [6, 6.07) is 8.49. The Morgan fingerprint density at radius 1 is 1.20 bits per heavy atom. The maximum absolute atomic E-state index is 12.4. The largest absolute Gasteiger partial charge is 0.346 e. The van der Waals surface area contributed by atoms with E-state index in [1.165, 1.54) is 22.9 Å². The monoisotopic (exact) mass is 352 g/mol. The zero-order valence-electron chi connectivity index (χ0n) is 14.6. The van der Waals surface area contributed by atoms with Crippen molar-refractivity contribution in [1.29, 1.82) is 0 Å². The molecule has 1 amide bonds. The third-order valence-corrected chi connectivity index (χ3v) is 5.90. The van der Waals surface area contributed by atoms with Gasteiger partial charge in [-0.1, -0.05) is 24.3 Å². The zero-order chi connectivity index (χ0) is 17.6. The summed E-state index contributed by atoms with van der Waals surface area (Å²) in [5, 5.41) is 5.23. The first kappa shape index (κ1) is 16.1. The summed E-state index contributed by atoms with van der Waals surface area (Å²) in [5.74, 6) is -0.151. The highest BCUT2D eigenvalue weighted by Gasteiger charge is 2.28. The Bertz CT molecular complexity index is 926. The van der Waals surface area contributed by atoms with Crippen LogP contribution in [0.3, 0.4) is 0 Å². The predicted molar refractivity (Wildman–Crippen MR) is 101 cm³/mol. The highest BCUT2D eigenvalue weighted by molar-refractivity contribution is 8.18. The number of thioether (sulfide) groups is 1. The van der Waals surface area contributed by atoms with E-state index < -0.39 is 0 Å². The van der Waals surface area contributed by atoms with Gasteiger partial charge in [-0.05, 0) is 49.2 Å². The molecule has 2 aromatic rings. The number of carbonyl (C=O) groups is 1. The number of aryl methyl sites for hydroxylation is 2. The lowest BCUT2D eigenvalue weighted by Gasteiger charge is -2.29. The van der Waals surface area contributed by atoms with Crippen LogP contribution in [0.1, 0.15) is 28.1 Å². The summed E-state index contributed by atoms with van der Waals surface area (Å²) >= 11 is 1.47. The lowest BCUT2D eigenvalue weighted by molar-refractivity contribution is -0.113. The summed E-state index contributed by atoms with van der Waals surface area (Å²) in [6.07, 6.45) is 2.92. The van der Waals surface area contributed by atoms with E-state index in [9.17, 15) is 4.79 Å². The van der Waals surface area contributed by atoms with Gasteiger partial charge in [-0.2, -0.15) is 10.1 Å². The Morgan fingerprint density at radius 2 is 1.96 bits per heavy atom. The Balaban J connectivity index is 1.56. The van der Waals surface area contributed by atoms with E-state index in [0.717, 1.165) is 41.6 Å². The first-order valence-corrected chi connectivity index (χ1v) is 9.19. The minimum absolute atomic E-state index is 0.151. The predicted octanol–water partition coefficient (Wildman–Crippen LogP) is 3.07. The third kappa shape index (κ3) is 2.91. The highest BCUT2D eigenvalue weighted by atomic mass is 32.2. The molecule has 25 heavy (non-hydrogen) atoms. The van der Waals surface area contributed by atoms with E-state index in [1.54, 1.807) is 0 Å². The van der Waals surface area contributed by atoms with Gasteiger partial charge in [0, 0.05) is 31.4 Å². The number of fused-ring (bicyclic) bond motifs is 1. The van der Waals surface area contributed by atoms with Crippen molar-refractivity contribution in [2.75, 3.05) is 6.54 Å². The molecule has 0 saturated carbocycles. The van der Waals surface area contributed by atoms with Crippen LogP contribution in [0, 0.1) is 13.8 Å². The van der Waals surface area contributed by atoms with E-state index in [0.29, 0.717) is 4.91 Å². The number of aromatic nitrogens is 2. The standard InChI is InChI=1S/C19H20N4OS/c1-12-16(13(2)22(3)21-12)10-17-18(24)20-19(25-17)23-9-8-14-6-4-5-7-15(14)11-23/h4-7,10H,8-9,11H2,1-3H3/b17-10-. The molecule has 1 aromatic heterocycles. The van der Waals surface area contributed by atoms with Crippen LogP contribution in [0.2, 0.25) is 0 Å². The molecule has 128 valence electrons. The van der Waals surface area contributed by atoms with Crippen LogP contribution in [-0.4, -0.2) is 32.3 Å². The van der Waals surface area contributed by atoms with Crippen molar-refractivity contribution < 1.29 is 4.79 Å². The van der Waals surface area contributed by atoms with Crippen LogP contribution in [0.15, 0.2) is 34.2 Å². The molecular formula is C19H20N4OS. The summed E-state index contributed by atoms with van der Waals surface area (Å²) in [7, 11) is 1.92. The molecule has 3 heterocycles. The maximum Gasteiger partial charge on any atom is 0.286 e. The SMILES string of the molecule is Cc1nn(C)c(C)c1/C=C1\SC(N2CCc3ccccc3C2)=NC1=O. The second-order valence-corrected chi connectivity index (χ2v) is 7.47. The van der Waals surface area contributed by atoms with Gasteiger partial charge >= 0.3 is 0 Å². The van der Waals surface area contributed by atoms with E-state index in [2.05, 4.69) is 39.3 Å². The van der Waals surface area contributed by atoms with Crippen LogP contribution >= 0.6 is 11.8 Å². The molecule has 2 aliphatic heterocycles. The molecule has 0 saturated heterocycles. The number of benzene rings is 1. The molecular weight excluding hydrogens is 332 g/mol. The Labute approximate surface area is 151 Å². The van der Waals surface area contributed by atoms with Crippen LogP contribution in [0.4, 0.5) is 0 Å². The van der Waals surface area contributed by atoms with Crippen LogP contribution in [0.25, 0.3) is 6.08 Å². The molecule has 0 unspecified atom stereocenters. The molecule has 0 bridgehead atoms. The number of aliphatic imine (C=N–C) groups is 1. The van der Waals surface area contributed by atoms with Gasteiger partial charge in [-0.15, -0.1) is 0 Å². The number of hydrogen-bond donors (Lipinski definition) is 0. The smallest absolute Gasteiger partial charge is 0.286 e. The van der Waals surface area contributed by atoms with Gasteiger partial charge in [0.25, 0.3) is 5.91 Å². The Kier molecular flexibility index (Phi) is 4.00. The van der Waals surface area contributed by atoms with Crippen molar-refractivity contribution in [2.24, 2.45) is 12.0 Å². The van der Waals surface area contributed by atoms with Crippen molar-refractivity contribution in [3.05, 3.63) is 57.2 Å². The van der Waals surface area contributed by atoms with Gasteiger partial charge in [0.2, 0.25) is 0 Å². The molecule has 0 N–H and O–H groups in total. The molecule has 4 rings (SSSR count). The number of hydrogen-bond acceptors (Lipinski definition) is 4. The second kappa shape index (κ2) is 6.19. The lowest BCUT2D eigenvalue weighted by atomic mass is 10.0. The van der Waals surface area contributed by atoms with Gasteiger partial charge in [-0.3, -0.25) is 9.48 Å². The lowest BCUT2D eigenvalue weighted by Crippen LogP contribution is -2.33. The number of nitrogens with zero attached hydrogens (tertiary/aromatic N) is 4. The fraction of sp³-hybridized carbons (Fsp3) is 0.316. The summed E-state index contributed by atoms with van der Waals surface area (Å²) < 4.78 is 1.84. The molecule has 0 radical (unpaired) electrons. The number of amidine groups is 1. The fourth-order valence-electron chi connectivity index (χ4n) is 3.32. The third-order valence-electron chi connectivity index (χ3n) is 4.85. The number of amides is 1. The second-order valence-electron chi connectivity index (χ2n) is 6.46. The van der Waals surface area contributed by atoms with Crippen molar-refractivity contribution in [3.8, 4) is 0 Å². The van der Waals surface area contributed by atoms with Crippen molar-refractivity contribution >= 4 is 28.9 Å². The van der Waals surface area contributed by atoms with Gasteiger partial charge in [-0.25, -0.2) is 0 Å². The van der Waals surface area contributed by atoms with E-state index in [-0.39, 0.29) is 5.91 Å². The number of carbonyl (C=O) groups excluding carboxylic acids is 1. The van der Waals surface area contributed by atoms with Crippen LogP contribution in [-0.2, 0) is 24.8 Å². The van der Waals surface area contributed by atoms with E-state index >= 15 is 0 Å². The van der Waals surface area contributed by atoms with Crippen molar-refractivity contribution in [3.63, 3.8) is 0 Å². The molecule has 6 heteroatoms. The Hall–Kier alpha value is -2.34. The topological polar surface area (TPSA) is 50.5 Å². The van der Waals surface area contributed by atoms with Gasteiger partial charge in [0.1, 0.15) is 0 Å². The van der Waals surface area contributed by atoms with Crippen LogP contribution < -0.4 is 0 Å². The zero-order valence-corrected chi connectivity index (χ0v) is 15.4. The number of rotatable bonds is 1. The van der Waals surface area contributed by atoms with Crippen molar-refractivity contribution in [2.45, 2.75) is 26.8 Å². The minimum atomic E-state index is -0.151. The van der Waals surface area contributed by atoms with E-state index in [4.69, 9.17) is 0 Å². The molecule has 0 atom stereocenters. The summed E-state index contributed by atoms with van der Waals surface area (Å²) in [4.78, 5) is 19.6. The fourth-order valence-corrected chi connectivity index (χ4v) is 4.24. The van der Waals surface area contributed by atoms with E-state index in [1.807, 2.05) is 31.7 Å². The van der Waals surface area contributed by atoms with Crippen molar-refractivity contribution in [1.82, 2.24) is 14.7 Å².